The summed E-state index contributed by atoms with van der Waals surface area (Å²) in [6.45, 7) is 1.16. The van der Waals surface area contributed by atoms with Crippen LogP contribution in [0.1, 0.15) is 6.42 Å². The van der Waals surface area contributed by atoms with Crippen LogP contribution in [0.15, 0.2) is 18.2 Å². The Morgan fingerprint density at radius 1 is 1.53 bits per heavy atom. The average Bonchev–Trinajstić information content (AvgIpc) is 2.71. The van der Waals surface area contributed by atoms with Crippen molar-refractivity contribution in [2.75, 3.05) is 18.7 Å². The van der Waals surface area contributed by atoms with Crippen molar-refractivity contribution in [2.45, 2.75) is 12.5 Å². The van der Waals surface area contributed by atoms with E-state index in [1.54, 1.807) is 0 Å². The van der Waals surface area contributed by atoms with E-state index in [-0.39, 0.29) is 6.10 Å². The van der Waals surface area contributed by atoms with Gasteiger partial charge in [0, 0.05) is 12.5 Å². The molecule has 1 atom stereocenters. The Hall–Kier alpha value is -1.33. The van der Waals surface area contributed by atoms with Gasteiger partial charge in [0.25, 0.3) is 0 Å². The first-order valence-corrected chi connectivity index (χ1v) is 4.73. The predicted molar refractivity (Wildman–Crippen MR) is 51.7 cm³/mol. The van der Waals surface area contributed by atoms with E-state index in [9.17, 15) is 4.39 Å². The number of ether oxygens (including phenoxy) is 2. The maximum absolute atomic E-state index is 12.9. The van der Waals surface area contributed by atoms with E-state index in [1.165, 1.54) is 18.2 Å². The van der Waals surface area contributed by atoms with Gasteiger partial charge in [-0.1, -0.05) is 0 Å². The molecule has 0 aromatic heterocycles. The van der Waals surface area contributed by atoms with Crippen LogP contribution in [0.5, 0.6) is 5.75 Å². The van der Waals surface area contributed by atoms with Crippen LogP contribution in [-0.2, 0) is 4.74 Å². The minimum Gasteiger partial charge on any atom is -0.486 e. The largest absolute Gasteiger partial charge is 0.486 e. The summed E-state index contributed by atoms with van der Waals surface area (Å²) in [5.41, 5.74) is 2.31. The SMILES string of the molecule is ONc1ccc(F)cc1OC1CCOC1. The van der Waals surface area contributed by atoms with E-state index in [1.807, 2.05) is 5.48 Å². The molecular weight excluding hydrogens is 201 g/mol. The summed E-state index contributed by atoms with van der Waals surface area (Å²) in [7, 11) is 0. The number of anilines is 1. The minimum absolute atomic E-state index is 0.0705. The molecule has 1 aromatic rings. The Labute approximate surface area is 86.6 Å². The molecule has 1 unspecified atom stereocenters. The van der Waals surface area contributed by atoms with Crippen LogP contribution in [0, 0.1) is 5.82 Å². The van der Waals surface area contributed by atoms with Gasteiger partial charge >= 0.3 is 0 Å². The highest BCUT2D eigenvalue weighted by atomic mass is 19.1. The predicted octanol–water partition coefficient (Wildman–Crippen LogP) is 1.79. The van der Waals surface area contributed by atoms with Crippen molar-refractivity contribution in [3.05, 3.63) is 24.0 Å². The van der Waals surface area contributed by atoms with Gasteiger partial charge in [-0.2, -0.15) is 0 Å². The number of hydrogen-bond acceptors (Lipinski definition) is 4. The highest BCUT2D eigenvalue weighted by molar-refractivity contribution is 5.54. The van der Waals surface area contributed by atoms with Gasteiger partial charge in [0.1, 0.15) is 23.4 Å². The molecule has 1 fully saturated rings. The van der Waals surface area contributed by atoms with Crippen LogP contribution < -0.4 is 10.2 Å². The van der Waals surface area contributed by atoms with Gasteiger partial charge in [-0.25, -0.2) is 4.39 Å². The molecule has 0 radical (unpaired) electrons. The Kier molecular flexibility index (Phi) is 3.03. The maximum Gasteiger partial charge on any atom is 0.148 e. The molecule has 0 bridgehead atoms. The van der Waals surface area contributed by atoms with Crippen LogP contribution in [0.3, 0.4) is 0 Å². The molecule has 1 heterocycles. The minimum atomic E-state index is -0.400. The first-order valence-electron chi connectivity index (χ1n) is 4.73. The van der Waals surface area contributed by atoms with Gasteiger partial charge in [0.05, 0.1) is 13.2 Å². The van der Waals surface area contributed by atoms with E-state index in [2.05, 4.69) is 0 Å². The fraction of sp³-hybridized carbons (Fsp3) is 0.400. The van der Waals surface area contributed by atoms with Crippen molar-refractivity contribution in [1.82, 2.24) is 0 Å². The van der Waals surface area contributed by atoms with Gasteiger partial charge in [-0.15, -0.1) is 0 Å². The zero-order valence-electron chi connectivity index (χ0n) is 8.07. The summed E-state index contributed by atoms with van der Waals surface area (Å²) in [6, 6.07) is 3.90. The lowest BCUT2D eigenvalue weighted by Gasteiger charge is -2.14. The van der Waals surface area contributed by atoms with Crippen molar-refractivity contribution in [2.24, 2.45) is 0 Å². The summed E-state index contributed by atoms with van der Waals surface area (Å²) in [4.78, 5) is 0. The third-order valence-electron chi connectivity index (χ3n) is 2.25. The second kappa shape index (κ2) is 4.46. The van der Waals surface area contributed by atoms with Crippen LogP contribution in [0.2, 0.25) is 0 Å². The molecule has 1 aliphatic rings. The van der Waals surface area contributed by atoms with E-state index < -0.39 is 5.82 Å². The summed E-state index contributed by atoms with van der Waals surface area (Å²) in [5.74, 6) is -0.101. The van der Waals surface area contributed by atoms with Gasteiger partial charge in [-0.3, -0.25) is 10.7 Å². The molecule has 0 spiro atoms. The van der Waals surface area contributed by atoms with Crippen molar-refractivity contribution < 1.29 is 19.1 Å². The number of rotatable bonds is 3. The number of halogens is 1. The van der Waals surface area contributed by atoms with E-state index in [4.69, 9.17) is 14.7 Å². The molecule has 4 nitrogen and oxygen atoms in total. The zero-order valence-corrected chi connectivity index (χ0v) is 8.07. The van der Waals surface area contributed by atoms with E-state index in [0.717, 1.165) is 6.42 Å². The lowest BCUT2D eigenvalue weighted by molar-refractivity contribution is 0.141. The fourth-order valence-corrected chi connectivity index (χ4v) is 1.47. The topological polar surface area (TPSA) is 50.7 Å². The normalized spacial score (nSPS) is 20.3. The smallest absolute Gasteiger partial charge is 0.148 e. The molecule has 15 heavy (non-hydrogen) atoms. The third-order valence-corrected chi connectivity index (χ3v) is 2.25. The van der Waals surface area contributed by atoms with Crippen molar-refractivity contribution in [1.29, 1.82) is 0 Å². The highest BCUT2D eigenvalue weighted by Crippen LogP contribution is 2.27. The van der Waals surface area contributed by atoms with Gasteiger partial charge < -0.3 is 9.47 Å². The molecule has 1 aromatic carbocycles. The Balaban J connectivity index is 2.14. The standard InChI is InChI=1S/C10H12FNO3/c11-7-1-2-9(12-13)10(5-7)15-8-3-4-14-6-8/h1-2,5,8,12-13H,3-4,6H2. The molecule has 1 saturated heterocycles. The van der Waals surface area contributed by atoms with Crippen molar-refractivity contribution >= 4 is 5.69 Å². The quantitative estimate of drug-likeness (QED) is 0.751. The highest BCUT2D eigenvalue weighted by Gasteiger charge is 2.18. The molecule has 2 rings (SSSR count). The van der Waals surface area contributed by atoms with E-state index in [0.29, 0.717) is 24.7 Å². The van der Waals surface area contributed by atoms with Gasteiger partial charge in [0.2, 0.25) is 0 Å². The Morgan fingerprint density at radius 2 is 2.40 bits per heavy atom. The summed E-state index contributed by atoms with van der Waals surface area (Å²) in [6.07, 6.45) is 0.709. The number of benzene rings is 1. The molecular formula is C10H12FNO3. The van der Waals surface area contributed by atoms with Crippen LogP contribution in [0.4, 0.5) is 10.1 Å². The van der Waals surface area contributed by atoms with Crippen LogP contribution >= 0.6 is 0 Å². The summed E-state index contributed by atoms with van der Waals surface area (Å²) in [5, 5.41) is 8.80. The van der Waals surface area contributed by atoms with Gasteiger partial charge in [-0.05, 0) is 12.1 Å². The van der Waals surface area contributed by atoms with Crippen molar-refractivity contribution in [3.63, 3.8) is 0 Å². The van der Waals surface area contributed by atoms with E-state index >= 15 is 0 Å². The molecule has 0 amide bonds. The first kappa shape index (κ1) is 10.2. The molecule has 2 N–H and O–H groups in total. The second-order valence-corrected chi connectivity index (χ2v) is 3.36. The Bertz CT molecular complexity index is 339. The van der Waals surface area contributed by atoms with Crippen LogP contribution in [-0.4, -0.2) is 24.5 Å². The molecule has 82 valence electrons. The molecule has 5 heteroatoms. The van der Waals surface area contributed by atoms with Crippen molar-refractivity contribution in [3.8, 4) is 5.75 Å². The van der Waals surface area contributed by atoms with Gasteiger partial charge in [0.15, 0.2) is 0 Å². The fourth-order valence-electron chi connectivity index (χ4n) is 1.47. The third kappa shape index (κ3) is 2.37. The maximum atomic E-state index is 12.9. The molecule has 0 saturated carbocycles. The summed E-state index contributed by atoms with van der Waals surface area (Å²) < 4.78 is 23.6. The zero-order chi connectivity index (χ0) is 10.7. The molecule has 1 aliphatic heterocycles. The average molecular weight is 213 g/mol. The second-order valence-electron chi connectivity index (χ2n) is 3.36. The first-order chi connectivity index (χ1) is 7.29. The summed E-state index contributed by atoms with van der Waals surface area (Å²) >= 11 is 0. The molecule has 0 aliphatic carbocycles. The van der Waals surface area contributed by atoms with Crippen LogP contribution in [0.25, 0.3) is 0 Å². The lowest BCUT2D eigenvalue weighted by Crippen LogP contribution is -2.16. The number of hydrogen-bond donors (Lipinski definition) is 2. The lowest BCUT2D eigenvalue weighted by atomic mass is 10.2. The monoisotopic (exact) mass is 213 g/mol. The number of nitrogens with one attached hydrogen (secondary N) is 1. The Morgan fingerprint density at radius 3 is 3.07 bits per heavy atom.